The Hall–Kier alpha value is -2.44. The molecule has 1 spiro atoms. The van der Waals surface area contributed by atoms with Gasteiger partial charge < -0.3 is 14.5 Å². The van der Waals surface area contributed by atoms with E-state index in [-0.39, 0.29) is 11.5 Å². The zero-order chi connectivity index (χ0) is 22.5. The number of rotatable bonds is 5. The Morgan fingerprint density at radius 2 is 1.73 bits per heavy atom. The third-order valence-electron chi connectivity index (χ3n) is 7.77. The van der Waals surface area contributed by atoms with Gasteiger partial charge in [0.1, 0.15) is 5.82 Å². The van der Waals surface area contributed by atoms with Gasteiger partial charge in [-0.25, -0.2) is 4.98 Å². The maximum Gasteiger partial charge on any atom is 0.222 e. The summed E-state index contributed by atoms with van der Waals surface area (Å²) in [5.41, 5.74) is 1.19. The van der Waals surface area contributed by atoms with Crippen molar-refractivity contribution in [2.45, 2.75) is 50.2 Å². The van der Waals surface area contributed by atoms with E-state index in [4.69, 9.17) is 4.74 Å². The molecule has 0 saturated carbocycles. The number of likely N-dealkylation sites (tertiary alicyclic amines) is 1. The Labute approximate surface area is 197 Å². The normalized spacial score (nSPS) is 23.6. The van der Waals surface area contributed by atoms with Crippen molar-refractivity contribution in [3.63, 3.8) is 0 Å². The summed E-state index contributed by atoms with van der Waals surface area (Å²) in [5.74, 6) is 1.37. The molecule has 176 valence electrons. The fourth-order valence-corrected chi connectivity index (χ4v) is 5.74. The van der Waals surface area contributed by atoms with Crippen LogP contribution >= 0.6 is 0 Å². The average Bonchev–Trinajstić information content (AvgIpc) is 2.89. The maximum absolute atomic E-state index is 12.8. The highest BCUT2D eigenvalue weighted by molar-refractivity contribution is 5.76. The Kier molecular flexibility index (Phi) is 6.93. The molecule has 1 aromatic carbocycles. The molecule has 6 nitrogen and oxygen atoms in total. The lowest BCUT2D eigenvalue weighted by atomic mass is 9.81. The number of nitrogens with zero attached hydrogens (tertiary/aromatic N) is 4. The summed E-state index contributed by atoms with van der Waals surface area (Å²) < 4.78 is 6.39. The van der Waals surface area contributed by atoms with Gasteiger partial charge in [-0.15, -0.1) is 0 Å². The first-order chi connectivity index (χ1) is 16.2. The molecule has 3 saturated heterocycles. The second-order valence-electron chi connectivity index (χ2n) is 9.76. The van der Waals surface area contributed by atoms with E-state index in [9.17, 15) is 4.79 Å². The van der Waals surface area contributed by atoms with E-state index in [1.54, 1.807) is 0 Å². The van der Waals surface area contributed by atoms with Crippen LogP contribution in [0.2, 0.25) is 0 Å². The lowest BCUT2D eigenvalue weighted by molar-refractivity contribution is -0.149. The summed E-state index contributed by atoms with van der Waals surface area (Å²) in [4.78, 5) is 24.4. The zero-order valence-corrected chi connectivity index (χ0v) is 19.6. The number of aromatic nitrogens is 1. The van der Waals surface area contributed by atoms with Crippen LogP contribution in [0.15, 0.2) is 54.7 Å². The number of piperidine rings is 1. The van der Waals surface area contributed by atoms with Gasteiger partial charge in [-0.1, -0.05) is 36.4 Å². The molecule has 6 heteroatoms. The predicted octanol–water partition coefficient (Wildman–Crippen LogP) is 3.38. The number of anilines is 1. The Bertz CT molecular complexity index is 891. The highest BCUT2D eigenvalue weighted by Crippen LogP contribution is 2.37. The molecule has 0 radical (unpaired) electrons. The number of amides is 1. The van der Waals surface area contributed by atoms with Crippen molar-refractivity contribution in [3.05, 3.63) is 60.3 Å². The van der Waals surface area contributed by atoms with Gasteiger partial charge in [-0.05, 0) is 49.8 Å². The Morgan fingerprint density at radius 3 is 2.45 bits per heavy atom. The highest BCUT2D eigenvalue weighted by atomic mass is 16.5. The standard InChI is InChI=1S/C27H36N4O2/c32-26(10-9-23-6-2-1-3-7-23)31-15-12-27(13-16-31)22-24(11-21-33-27)29-17-19-30(20-18-29)25-8-4-5-14-28-25/h1-8,14,24H,9-13,15-22H2/t24-/m0/s1. The summed E-state index contributed by atoms with van der Waals surface area (Å²) >= 11 is 0. The highest BCUT2D eigenvalue weighted by Gasteiger charge is 2.42. The number of carbonyl (C=O) groups excluding carboxylic acids is 1. The van der Waals surface area contributed by atoms with Gasteiger partial charge in [0.25, 0.3) is 0 Å². The van der Waals surface area contributed by atoms with Crippen LogP contribution in [0, 0.1) is 0 Å². The van der Waals surface area contributed by atoms with Gasteiger partial charge in [0.2, 0.25) is 5.91 Å². The first kappa shape index (κ1) is 22.4. The largest absolute Gasteiger partial charge is 0.375 e. The van der Waals surface area contributed by atoms with Gasteiger partial charge in [0.05, 0.1) is 5.60 Å². The Morgan fingerprint density at radius 1 is 0.970 bits per heavy atom. The van der Waals surface area contributed by atoms with E-state index in [2.05, 4.69) is 43.9 Å². The summed E-state index contributed by atoms with van der Waals surface area (Å²) in [6, 6.07) is 17.0. The van der Waals surface area contributed by atoms with Gasteiger partial charge in [-0.2, -0.15) is 0 Å². The van der Waals surface area contributed by atoms with Crippen LogP contribution in [-0.4, -0.2) is 78.2 Å². The molecule has 0 N–H and O–H groups in total. The van der Waals surface area contributed by atoms with E-state index in [1.165, 1.54) is 5.56 Å². The van der Waals surface area contributed by atoms with Crippen LogP contribution in [-0.2, 0) is 16.0 Å². The van der Waals surface area contributed by atoms with E-state index >= 15 is 0 Å². The van der Waals surface area contributed by atoms with Crippen LogP contribution < -0.4 is 4.90 Å². The van der Waals surface area contributed by atoms with E-state index in [1.807, 2.05) is 30.5 Å². The van der Waals surface area contributed by atoms with Crippen LogP contribution in [0.4, 0.5) is 5.82 Å². The lowest BCUT2D eigenvalue weighted by Gasteiger charge is -2.49. The van der Waals surface area contributed by atoms with Crippen LogP contribution in [0.25, 0.3) is 0 Å². The molecule has 3 fully saturated rings. The molecule has 33 heavy (non-hydrogen) atoms. The molecule has 0 unspecified atom stereocenters. The fraction of sp³-hybridized carbons (Fsp3) is 0.556. The van der Waals surface area contributed by atoms with Crippen molar-refractivity contribution in [1.82, 2.24) is 14.8 Å². The van der Waals surface area contributed by atoms with E-state index in [0.717, 1.165) is 83.8 Å². The topological polar surface area (TPSA) is 48.9 Å². The predicted molar refractivity (Wildman–Crippen MR) is 130 cm³/mol. The molecule has 3 aliphatic rings. The number of pyridine rings is 1. The van der Waals surface area contributed by atoms with Gasteiger partial charge >= 0.3 is 0 Å². The number of piperazine rings is 1. The third-order valence-corrected chi connectivity index (χ3v) is 7.77. The summed E-state index contributed by atoms with van der Waals surface area (Å²) in [6.07, 6.45) is 7.45. The van der Waals surface area contributed by atoms with Crippen molar-refractivity contribution >= 4 is 11.7 Å². The minimum Gasteiger partial charge on any atom is -0.375 e. The van der Waals surface area contributed by atoms with Crippen molar-refractivity contribution in [2.24, 2.45) is 0 Å². The van der Waals surface area contributed by atoms with Crippen LogP contribution in [0.5, 0.6) is 0 Å². The molecule has 5 rings (SSSR count). The monoisotopic (exact) mass is 448 g/mol. The molecule has 1 amide bonds. The molecular formula is C27H36N4O2. The minimum absolute atomic E-state index is 0.0444. The van der Waals surface area contributed by atoms with E-state index in [0.29, 0.717) is 12.5 Å². The second-order valence-corrected chi connectivity index (χ2v) is 9.76. The first-order valence-corrected chi connectivity index (χ1v) is 12.6. The molecule has 1 atom stereocenters. The number of hydrogen-bond donors (Lipinski definition) is 0. The smallest absolute Gasteiger partial charge is 0.222 e. The number of aryl methyl sites for hydroxylation is 1. The minimum atomic E-state index is -0.0444. The van der Waals surface area contributed by atoms with Crippen LogP contribution in [0.3, 0.4) is 0 Å². The summed E-state index contributed by atoms with van der Waals surface area (Å²) in [5, 5.41) is 0. The zero-order valence-electron chi connectivity index (χ0n) is 19.6. The van der Waals surface area contributed by atoms with E-state index < -0.39 is 0 Å². The first-order valence-electron chi connectivity index (χ1n) is 12.6. The quantitative estimate of drug-likeness (QED) is 0.702. The van der Waals surface area contributed by atoms with Crippen molar-refractivity contribution in [1.29, 1.82) is 0 Å². The fourth-order valence-electron chi connectivity index (χ4n) is 5.74. The van der Waals surface area contributed by atoms with Crippen molar-refractivity contribution in [2.75, 3.05) is 50.8 Å². The average molecular weight is 449 g/mol. The van der Waals surface area contributed by atoms with Crippen LogP contribution in [0.1, 0.15) is 37.7 Å². The van der Waals surface area contributed by atoms with Gasteiger partial charge in [0, 0.05) is 64.5 Å². The number of benzene rings is 1. The molecule has 0 aliphatic carbocycles. The number of hydrogen-bond acceptors (Lipinski definition) is 5. The van der Waals surface area contributed by atoms with Gasteiger partial charge in [-0.3, -0.25) is 9.69 Å². The third kappa shape index (κ3) is 5.39. The summed E-state index contributed by atoms with van der Waals surface area (Å²) in [7, 11) is 0. The van der Waals surface area contributed by atoms with Crippen molar-refractivity contribution < 1.29 is 9.53 Å². The second kappa shape index (κ2) is 10.2. The SMILES string of the molecule is O=C(CCc1ccccc1)N1CCC2(CC1)C[C@@H](N1CCN(c3ccccn3)CC1)CCO2. The number of carbonyl (C=O) groups is 1. The maximum atomic E-state index is 12.8. The molecule has 0 bridgehead atoms. The molecule has 1 aromatic heterocycles. The number of ether oxygens (including phenoxy) is 1. The molecular weight excluding hydrogens is 412 g/mol. The molecule has 3 aliphatic heterocycles. The molecule has 4 heterocycles. The van der Waals surface area contributed by atoms with Gasteiger partial charge in [0.15, 0.2) is 0 Å². The summed E-state index contributed by atoms with van der Waals surface area (Å²) in [6.45, 7) is 6.73. The molecule has 2 aromatic rings. The lowest BCUT2D eigenvalue weighted by Crippen LogP contribution is -2.57. The Balaban J connectivity index is 1.10. The van der Waals surface area contributed by atoms with Crippen molar-refractivity contribution in [3.8, 4) is 0 Å².